The van der Waals surface area contributed by atoms with E-state index in [4.69, 9.17) is 34.8 Å². The first-order chi connectivity index (χ1) is 17.9. The highest BCUT2D eigenvalue weighted by atomic mass is 35.5. The summed E-state index contributed by atoms with van der Waals surface area (Å²) in [5, 5.41) is 3.59. The van der Waals surface area contributed by atoms with Crippen LogP contribution in [0.4, 0.5) is 5.69 Å². The van der Waals surface area contributed by atoms with E-state index in [-0.39, 0.29) is 22.2 Å². The molecule has 1 unspecified atom stereocenters. The van der Waals surface area contributed by atoms with E-state index in [1.165, 1.54) is 29.2 Å². The molecule has 11 heteroatoms. The predicted octanol–water partition coefficient (Wildman–Crippen LogP) is 5.70. The summed E-state index contributed by atoms with van der Waals surface area (Å²) in [4.78, 5) is 27.9. The summed E-state index contributed by atoms with van der Waals surface area (Å²) < 4.78 is 28.5. The van der Waals surface area contributed by atoms with E-state index in [1.807, 2.05) is 6.92 Å². The smallest absolute Gasteiger partial charge is 0.264 e. The molecule has 2 amide bonds. The van der Waals surface area contributed by atoms with E-state index in [1.54, 1.807) is 56.3 Å². The highest BCUT2D eigenvalue weighted by molar-refractivity contribution is 7.92. The summed E-state index contributed by atoms with van der Waals surface area (Å²) in [6.07, 6.45) is 0. The van der Waals surface area contributed by atoms with Crippen molar-refractivity contribution in [1.29, 1.82) is 0 Å². The first kappa shape index (κ1) is 29.8. The fourth-order valence-corrected chi connectivity index (χ4v) is 5.93. The van der Waals surface area contributed by atoms with Crippen LogP contribution < -0.4 is 9.62 Å². The molecule has 0 aliphatic carbocycles. The molecular formula is C27H28Cl3N3O4S. The standard InChI is InChI=1S/C27H28Cl3N3O4S/c1-4-31-27(35)19(3)32(16-20-11-12-21(28)15-24(20)30)26(34)17-33(25-8-6-5-7-23(25)29)38(36,37)22-13-9-18(2)10-14-22/h5-15,19H,4,16-17H2,1-3H3,(H,31,35). The summed E-state index contributed by atoms with van der Waals surface area (Å²) in [5.74, 6) is -1.01. The number of carbonyl (C=O) groups is 2. The molecule has 0 spiro atoms. The van der Waals surface area contributed by atoms with Crippen molar-refractivity contribution < 1.29 is 18.0 Å². The van der Waals surface area contributed by atoms with E-state index in [9.17, 15) is 18.0 Å². The third-order valence-corrected chi connectivity index (χ3v) is 8.56. The van der Waals surface area contributed by atoms with Gasteiger partial charge >= 0.3 is 0 Å². The van der Waals surface area contributed by atoms with Gasteiger partial charge in [-0.25, -0.2) is 8.42 Å². The number of sulfonamides is 1. The maximum Gasteiger partial charge on any atom is 0.264 e. The van der Waals surface area contributed by atoms with Crippen molar-refractivity contribution in [2.75, 3.05) is 17.4 Å². The van der Waals surface area contributed by atoms with Gasteiger partial charge in [-0.2, -0.15) is 0 Å². The first-order valence-corrected chi connectivity index (χ1v) is 14.4. The lowest BCUT2D eigenvalue weighted by Crippen LogP contribution is -2.51. The molecule has 1 atom stereocenters. The molecule has 7 nitrogen and oxygen atoms in total. The number of amides is 2. The van der Waals surface area contributed by atoms with Gasteiger partial charge in [0.2, 0.25) is 11.8 Å². The molecule has 1 N–H and O–H groups in total. The lowest BCUT2D eigenvalue weighted by Gasteiger charge is -2.32. The van der Waals surface area contributed by atoms with E-state index in [0.29, 0.717) is 22.2 Å². The van der Waals surface area contributed by atoms with Crippen molar-refractivity contribution >= 4 is 62.3 Å². The number of halogens is 3. The fraction of sp³-hybridized carbons (Fsp3) is 0.259. The minimum absolute atomic E-state index is 0.000102. The van der Waals surface area contributed by atoms with Crippen molar-refractivity contribution in [1.82, 2.24) is 10.2 Å². The Bertz CT molecular complexity index is 1420. The second-order valence-electron chi connectivity index (χ2n) is 8.60. The summed E-state index contributed by atoms with van der Waals surface area (Å²) in [6, 6.07) is 16.5. The van der Waals surface area contributed by atoms with Crippen molar-refractivity contribution in [3.05, 3.63) is 92.9 Å². The predicted molar refractivity (Wildman–Crippen MR) is 152 cm³/mol. The molecule has 202 valence electrons. The number of benzene rings is 3. The Kier molecular flexibility index (Phi) is 10.1. The number of carbonyl (C=O) groups excluding carboxylic acids is 2. The minimum Gasteiger partial charge on any atom is -0.355 e. The van der Waals surface area contributed by atoms with Gasteiger partial charge < -0.3 is 10.2 Å². The van der Waals surface area contributed by atoms with E-state index in [2.05, 4.69) is 5.32 Å². The monoisotopic (exact) mass is 595 g/mol. The number of rotatable bonds is 10. The Labute approximate surface area is 238 Å². The number of anilines is 1. The Hall–Kier alpha value is -2.78. The molecule has 0 aliphatic rings. The summed E-state index contributed by atoms with van der Waals surface area (Å²) >= 11 is 18.8. The van der Waals surface area contributed by atoms with Gasteiger partial charge in [0.15, 0.2) is 0 Å². The van der Waals surface area contributed by atoms with E-state index in [0.717, 1.165) is 9.87 Å². The molecule has 0 heterocycles. The second kappa shape index (κ2) is 12.8. The maximum atomic E-state index is 13.8. The van der Waals surface area contributed by atoms with Crippen LogP contribution in [0.5, 0.6) is 0 Å². The number of aryl methyl sites for hydroxylation is 1. The molecule has 0 saturated carbocycles. The van der Waals surface area contributed by atoms with E-state index >= 15 is 0 Å². The molecule has 3 aromatic carbocycles. The summed E-state index contributed by atoms with van der Waals surface area (Å²) in [7, 11) is -4.21. The molecule has 0 bridgehead atoms. The SMILES string of the molecule is CCNC(=O)C(C)N(Cc1ccc(Cl)cc1Cl)C(=O)CN(c1ccccc1Cl)S(=O)(=O)c1ccc(C)cc1. The van der Waals surface area contributed by atoms with Crippen molar-refractivity contribution in [2.45, 2.75) is 38.3 Å². The van der Waals surface area contributed by atoms with Gasteiger partial charge in [-0.1, -0.05) is 70.7 Å². The van der Waals surface area contributed by atoms with Crippen LogP contribution in [0.3, 0.4) is 0 Å². The zero-order chi connectivity index (χ0) is 28.0. The highest BCUT2D eigenvalue weighted by Crippen LogP contribution is 2.31. The van der Waals surface area contributed by atoms with Gasteiger partial charge in [0.25, 0.3) is 10.0 Å². The minimum atomic E-state index is -4.21. The molecule has 38 heavy (non-hydrogen) atoms. The molecule has 0 aromatic heterocycles. The van der Waals surface area contributed by atoms with Gasteiger partial charge in [-0.15, -0.1) is 0 Å². The number of likely N-dealkylation sites (N-methyl/N-ethyl adjacent to an activating group) is 1. The third-order valence-electron chi connectivity index (χ3n) is 5.88. The lowest BCUT2D eigenvalue weighted by molar-refractivity contribution is -0.139. The number of nitrogens with zero attached hydrogens (tertiary/aromatic N) is 2. The van der Waals surface area contributed by atoms with Crippen LogP contribution in [0.25, 0.3) is 0 Å². The zero-order valence-corrected chi connectivity index (χ0v) is 24.2. The maximum absolute atomic E-state index is 13.8. The third kappa shape index (κ3) is 6.99. The normalized spacial score (nSPS) is 12.1. The van der Waals surface area contributed by atoms with Crippen LogP contribution in [0, 0.1) is 6.92 Å². The topological polar surface area (TPSA) is 86.8 Å². The highest BCUT2D eigenvalue weighted by Gasteiger charge is 2.33. The van der Waals surface area contributed by atoms with Crippen LogP contribution in [0.15, 0.2) is 71.6 Å². The summed E-state index contributed by atoms with van der Waals surface area (Å²) in [6.45, 7) is 4.89. The van der Waals surface area contributed by atoms with Gasteiger partial charge in [0.1, 0.15) is 12.6 Å². The number of para-hydroxylation sites is 1. The van der Waals surface area contributed by atoms with Crippen LogP contribution in [0.2, 0.25) is 15.1 Å². The lowest BCUT2D eigenvalue weighted by atomic mass is 10.1. The van der Waals surface area contributed by atoms with Crippen molar-refractivity contribution in [2.24, 2.45) is 0 Å². The molecule has 0 saturated heterocycles. The first-order valence-electron chi connectivity index (χ1n) is 11.8. The van der Waals surface area contributed by atoms with Crippen molar-refractivity contribution in [3.8, 4) is 0 Å². The fourth-order valence-electron chi connectivity index (χ4n) is 3.74. The summed E-state index contributed by atoms with van der Waals surface area (Å²) in [5.41, 5.74) is 1.57. The Morgan fingerprint density at radius 2 is 1.61 bits per heavy atom. The second-order valence-corrected chi connectivity index (χ2v) is 11.7. The molecule has 0 fully saturated rings. The van der Waals surface area contributed by atoms with Crippen LogP contribution in [-0.2, 0) is 26.2 Å². The van der Waals surface area contributed by atoms with Crippen LogP contribution >= 0.6 is 34.8 Å². The van der Waals surface area contributed by atoms with Gasteiger partial charge in [-0.3, -0.25) is 13.9 Å². The largest absolute Gasteiger partial charge is 0.355 e. The molecule has 0 radical (unpaired) electrons. The molecule has 0 aliphatic heterocycles. The Morgan fingerprint density at radius 1 is 0.947 bits per heavy atom. The Balaban J connectivity index is 2.06. The molecule has 3 aromatic rings. The average molecular weight is 597 g/mol. The van der Waals surface area contributed by atoms with Gasteiger partial charge in [0, 0.05) is 23.1 Å². The molecule has 3 rings (SSSR count). The quantitative estimate of drug-likeness (QED) is 0.325. The van der Waals surface area contributed by atoms with E-state index < -0.39 is 34.4 Å². The number of nitrogens with one attached hydrogen (secondary N) is 1. The number of hydrogen-bond donors (Lipinski definition) is 1. The van der Waals surface area contributed by atoms with Gasteiger partial charge in [0.05, 0.1) is 15.6 Å². The number of hydrogen-bond acceptors (Lipinski definition) is 4. The van der Waals surface area contributed by atoms with Gasteiger partial charge in [-0.05, 0) is 62.7 Å². The average Bonchev–Trinajstić information content (AvgIpc) is 2.87. The van der Waals surface area contributed by atoms with Crippen LogP contribution in [-0.4, -0.2) is 44.3 Å². The van der Waals surface area contributed by atoms with Crippen LogP contribution in [0.1, 0.15) is 25.0 Å². The molecular weight excluding hydrogens is 569 g/mol. The van der Waals surface area contributed by atoms with Crippen molar-refractivity contribution in [3.63, 3.8) is 0 Å². The Morgan fingerprint density at radius 3 is 2.21 bits per heavy atom. The zero-order valence-electron chi connectivity index (χ0n) is 21.1.